The minimum Gasteiger partial charge on any atom is -0.352 e. The number of pyridine rings is 1. The van der Waals surface area contributed by atoms with Gasteiger partial charge in [0.15, 0.2) is 0 Å². The molecule has 7 nitrogen and oxygen atoms in total. The van der Waals surface area contributed by atoms with Crippen LogP contribution in [0.5, 0.6) is 0 Å². The number of rotatable bonds is 5. The lowest BCUT2D eigenvalue weighted by molar-refractivity contribution is -0.123. The van der Waals surface area contributed by atoms with E-state index in [9.17, 15) is 18.0 Å². The van der Waals surface area contributed by atoms with Gasteiger partial charge in [-0.05, 0) is 24.8 Å². The average Bonchev–Trinajstić information content (AvgIpc) is 2.51. The third-order valence-corrected chi connectivity index (χ3v) is 6.31. The van der Waals surface area contributed by atoms with Gasteiger partial charge in [-0.3, -0.25) is 9.59 Å². The molecule has 0 aromatic carbocycles. The van der Waals surface area contributed by atoms with E-state index in [0.29, 0.717) is 5.92 Å². The maximum Gasteiger partial charge on any atom is 0.251 e. The summed E-state index contributed by atoms with van der Waals surface area (Å²) in [4.78, 5) is 24.2. The molecule has 1 aliphatic rings. The fraction of sp³-hybridized carbons (Fsp3) is 0.625. The Labute approximate surface area is 142 Å². The fourth-order valence-electron chi connectivity index (χ4n) is 2.93. The van der Waals surface area contributed by atoms with E-state index in [-0.39, 0.29) is 23.4 Å². The molecular formula is C16H25N3O4S. The maximum absolute atomic E-state index is 12.2. The molecule has 1 aliphatic carbocycles. The molecule has 1 fully saturated rings. The van der Waals surface area contributed by atoms with E-state index in [0.717, 1.165) is 28.1 Å². The lowest BCUT2D eigenvalue weighted by atomic mass is 9.86. The fourth-order valence-corrected chi connectivity index (χ4v) is 3.86. The van der Waals surface area contributed by atoms with Crippen LogP contribution in [0.2, 0.25) is 0 Å². The topological polar surface area (TPSA) is 88.5 Å². The first-order valence-corrected chi connectivity index (χ1v) is 9.58. The molecule has 0 bridgehead atoms. The van der Waals surface area contributed by atoms with Crippen LogP contribution in [0, 0.1) is 5.92 Å². The smallest absolute Gasteiger partial charge is 0.251 e. The zero-order chi connectivity index (χ0) is 17.9. The molecule has 0 unspecified atom stereocenters. The second kappa shape index (κ2) is 7.48. The lowest BCUT2D eigenvalue weighted by Gasteiger charge is -2.29. The van der Waals surface area contributed by atoms with Crippen molar-refractivity contribution >= 4 is 15.9 Å². The van der Waals surface area contributed by atoms with E-state index in [2.05, 4.69) is 12.2 Å². The predicted octanol–water partition coefficient (Wildman–Crippen LogP) is 0.794. The summed E-state index contributed by atoms with van der Waals surface area (Å²) in [5, 5.41) is 2.97. The van der Waals surface area contributed by atoms with E-state index >= 15 is 0 Å². The molecular weight excluding hydrogens is 330 g/mol. The van der Waals surface area contributed by atoms with Crippen molar-refractivity contribution in [1.82, 2.24) is 14.2 Å². The van der Waals surface area contributed by atoms with Crippen LogP contribution >= 0.6 is 0 Å². The monoisotopic (exact) mass is 355 g/mol. The van der Waals surface area contributed by atoms with Crippen molar-refractivity contribution in [3.8, 4) is 0 Å². The first kappa shape index (κ1) is 18.7. The van der Waals surface area contributed by atoms with Crippen LogP contribution in [0.4, 0.5) is 0 Å². The standard InChI is InChI=1S/C16H25N3O4S/c1-12-6-4-5-7-14(12)17-15(20)11-19-10-13(8-9-16(19)21)24(22,23)18(2)3/h8-10,12,14H,4-7,11H2,1-3H3,(H,17,20)/t12-,14-/m1/s1. The Morgan fingerprint density at radius 1 is 1.29 bits per heavy atom. The summed E-state index contributed by atoms with van der Waals surface area (Å²) in [5.74, 6) is 0.148. The van der Waals surface area contributed by atoms with Gasteiger partial charge in [-0.15, -0.1) is 0 Å². The molecule has 1 aromatic rings. The molecule has 0 aliphatic heterocycles. The lowest BCUT2D eigenvalue weighted by Crippen LogP contribution is -2.43. The van der Waals surface area contributed by atoms with Crippen LogP contribution in [-0.2, 0) is 21.4 Å². The average molecular weight is 355 g/mol. The highest BCUT2D eigenvalue weighted by molar-refractivity contribution is 7.89. The summed E-state index contributed by atoms with van der Waals surface area (Å²) >= 11 is 0. The van der Waals surface area contributed by atoms with Gasteiger partial charge in [-0.1, -0.05) is 19.8 Å². The third-order valence-electron chi connectivity index (χ3n) is 4.51. The SMILES string of the molecule is C[C@@H]1CCCC[C@H]1NC(=O)Cn1cc(S(=O)(=O)N(C)C)ccc1=O. The van der Waals surface area contributed by atoms with Crippen molar-refractivity contribution in [3.63, 3.8) is 0 Å². The van der Waals surface area contributed by atoms with E-state index in [4.69, 9.17) is 0 Å². The van der Waals surface area contributed by atoms with Gasteiger partial charge in [0.1, 0.15) is 6.54 Å². The summed E-state index contributed by atoms with van der Waals surface area (Å²) < 4.78 is 26.5. The molecule has 0 saturated heterocycles. The molecule has 2 atom stereocenters. The number of hydrogen-bond acceptors (Lipinski definition) is 4. The minimum atomic E-state index is -3.65. The number of carbonyl (C=O) groups excluding carboxylic acids is 1. The van der Waals surface area contributed by atoms with Gasteiger partial charge in [0, 0.05) is 32.4 Å². The summed E-state index contributed by atoms with van der Waals surface area (Å²) in [6.07, 6.45) is 5.52. The van der Waals surface area contributed by atoms with E-state index in [1.54, 1.807) is 0 Å². The Bertz CT molecular complexity index is 755. The molecule has 0 spiro atoms. The molecule has 134 valence electrons. The highest BCUT2D eigenvalue weighted by atomic mass is 32.2. The van der Waals surface area contributed by atoms with E-state index < -0.39 is 15.6 Å². The van der Waals surface area contributed by atoms with Crippen molar-refractivity contribution in [3.05, 3.63) is 28.7 Å². The zero-order valence-corrected chi connectivity index (χ0v) is 15.2. The largest absolute Gasteiger partial charge is 0.352 e. The van der Waals surface area contributed by atoms with Crippen LogP contribution in [0.15, 0.2) is 28.0 Å². The third kappa shape index (κ3) is 4.24. The summed E-state index contributed by atoms with van der Waals surface area (Å²) in [6, 6.07) is 2.55. The molecule has 24 heavy (non-hydrogen) atoms. The van der Waals surface area contributed by atoms with Crippen molar-refractivity contribution in [2.75, 3.05) is 14.1 Å². The number of aromatic nitrogens is 1. The molecule has 8 heteroatoms. The molecule has 1 amide bonds. The van der Waals surface area contributed by atoms with Crippen LogP contribution in [0.25, 0.3) is 0 Å². The Hall–Kier alpha value is -1.67. The van der Waals surface area contributed by atoms with Gasteiger partial charge in [0.25, 0.3) is 5.56 Å². The Morgan fingerprint density at radius 2 is 1.96 bits per heavy atom. The first-order valence-electron chi connectivity index (χ1n) is 8.14. The van der Waals surface area contributed by atoms with Crippen molar-refractivity contribution in [1.29, 1.82) is 0 Å². The van der Waals surface area contributed by atoms with Gasteiger partial charge in [-0.25, -0.2) is 12.7 Å². The Morgan fingerprint density at radius 3 is 2.58 bits per heavy atom. The number of nitrogens with one attached hydrogen (secondary N) is 1. The van der Waals surface area contributed by atoms with Gasteiger partial charge >= 0.3 is 0 Å². The second-order valence-electron chi connectivity index (χ2n) is 6.55. The predicted molar refractivity (Wildman–Crippen MR) is 91.1 cm³/mol. The number of sulfonamides is 1. The van der Waals surface area contributed by atoms with Crippen LogP contribution in [0.1, 0.15) is 32.6 Å². The molecule has 1 aromatic heterocycles. The molecule has 2 rings (SSSR count). The summed E-state index contributed by atoms with van der Waals surface area (Å²) in [7, 11) is -0.809. The minimum absolute atomic E-state index is 0.00839. The number of nitrogens with zero attached hydrogens (tertiary/aromatic N) is 2. The van der Waals surface area contributed by atoms with Crippen molar-refractivity contribution < 1.29 is 13.2 Å². The highest BCUT2D eigenvalue weighted by Crippen LogP contribution is 2.23. The van der Waals surface area contributed by atoms with Crippen molar-refractivity contribution in [2.45, 2.75) is 50.1 Å². The second-order valence-corrected chi connectivity index (χ2v) is 8.71. The summed E-state index contributed by atoms with van der Waals surface area (Å²) in [6.45, 7) is 1.93. The maximum atomic E-state index is 12.2. The van der Waals surface area contributed by atoms with Crippen LogP contribution in [0.3, 0.4) is 0 Å². The van der Waals surface area contributed by atoms with Crippen LogP contribution < -0.4 is 10.9 Å². The van der Waals surface area contributed by atoms with Gasteiger partial charge in [0.05, 0.1) is 4.90 Å². The normalized spacial score (nSPS) is 21.7. The zero-order valence-electron chi connectivity index (χ0n) is 14.4. The molecule has 1 heterocycles. The van der Waals surface area contributed by atoms with E-state index in [1.165, 1.54) is 38.8 Å². The van der Waals surface area contributed by atoms with Gasteiger partial charge < -0.3 is 9.88 Å². The van der Waals surface area contributed by atoms with Crippen LogP contribution in [-0.4, -0.2) is 43.3 Å². The quantitative estimate of drug-likeness (QED) is 0.846. The number of carbonyl (C=O) groups is 1. The molecule has 1 N–H and O–H groups in total. The summed E-state index contributed by atoms with van der Waals surface area (Å²) in [5.41, 5.74) is -0.403. The Balaban J connectivity index is 2.14. The number of amides is 1. The van der Waals surface area contributed by atoms with E-state index in [1.807, 2.05) is 0 Å². The van der Waals surface area contributed by atoms with Gasteiger partial charge in [-0.2, -0.15) is 0 Å². The molecule has 1 saturated carbocycles. The van der Waals surface area contributed by atoms with Gasteiger partial charge in [0.2, 0.25) is 15.9 Å². The van der Waals surface area contributed by atoms with Crippen molar-refractivity contribution in [2.24, 2.45) is 5.92 Å². The first-order chi connectivity index (χ1) is 11.2. The highest BCUT2D eigenvalue weighted by Gasteiger charge is 2.23. The number of hydrogen-bond donors (Lipinski definition) is 1. The Kier molecular flexibility index (Phi) is 5.82. The molecule has 0 radical (unpaired) electrons.